The van der Waals surface area contributed by atoms with Crippen molar-refractivity contribution < 1.29 is 9.90 Å². The second-order valence-electron chi connectivity index (χ2n) is 4.92. The van der Waals surface area contributed by atoms with Crippen LogP contribution in [0.1, 0.15) is 6.42 Å². The fourth-order valence-corrected chi connectivity index (χ4v) is 2.54. The Labute approximate surface area is 137 Å². The van der Waals surface area contributed by atoms with Gasteiger partial charge in [0.25, 0.3) is 5.56 Å². The van der Waals surface area contributed by atoms with Crippen LogP contribution in [0.4, 0.5) is 0 Å². The molecule has 1 amide bonds. The minimum Gasteiger partial charge on any atom is -0.391 e. The SMILES string of the molecule is Cl.O=C(CCn1cc(Br)ccc1=O)NCC1CNCC1O. The van der Waals surface area contributed by atoms with Crippen LogP contribution in [-0.4, -0.2) is 41.3 Å². The van der Waals surface area contributed by atoms with E-state index in [1.54, 1.807) is 12.3 Å². The molecule has 2 unspecified atom stereocenters. The molecule has 2 heterocycles. The number of rotatable bonds is 5. The Morgan fingerprint density at radius 1 is 1.48 bits per heavy atom. The van der Waals surface area contributed by atoms with Gasteiger partial charge in [0.15, 0.2) is 0 Å². The summed E-state index contributed by atoms with van der Waals surface area (Å²) in [4.78, 5) is 23.3. The molecule has 8 heteroatoms. The number of pyridine rings is 1. The minimum atomic E-state index is -0.400. The predicted octanol–water partition coefficient (Wildman–Crippen LogP) is 0.119. The summed E-state index contributed by atoms with van der Waals surface area (Å²) in [5.41, 5.74) is -0.128. The van der Waals surface area contributed by atoms with Crippen LogP contribution in [0.5, 0.6) is 0 Å². The number of nitrogens with one attached hydrogen (secondary N) is 2. The van der Waals surface area contributed by atoms with Gasteiger partial charge in [-0.05, 0) is 22.0 Å². The maximum absolute atomic E-state index is 11.7. The largest absolute Gasteiger partial charge is 0.391 e. The van der Waals surface area contributed by atoms with Crippen molar-refractivity contribution in [1.29, 1.82) is 0 Å². The lowest BCUT2D eigenvalue weighted by Gasteiger charge is -2.14. The van der Waals surface area contributed by atoms with E-state index in [0.29, 0.717) is 26.2 Å². The third-order valence-corrected chi connectivity index (χ3v) is 3.86. The lowest BCUT2D eigenvalue weighted by Crippen LogP contribution is -2.35. The first-order chi connectivity index (χ1) is 9.56. The van der Waals surface area contributed by atoms with Gasteiger partial charge in [-0.3, -0.25) is 9.59 Å². The Morgan fingerprint density at radius 2 is 2.24 bits per heavy atom. The second kappa shape index (κ2) is 8.53. The van der Waals surface area contributed by atoms with Crippen LogP contribution in [0.3, 0.4) is 0 Å². The number of aliphatic hydroxyl groups is 1. The Balaban J connectivity index is 0.00000220. The fraction of sp³-hybridized carbons (Fsp3) is 0.538. The molecule has 3 N–H and O–H groups in total. The van der Waals surface area contributed by atoms with Crippen molar-refractivity contribution in [2.45, 2.75) is 19.1 Å². The predicted molar refractivity (Wildman–Crippen MR) is 85.6 cm³/mol. The van der Waals surface area contributed by atoms with Crippen molar-refractivity contribution in [3.8, 4) is 0 Å². The van der Waals surface area contributed by atoms with E-state index in [2.05, 4.69) is 26.6 Å². The van der Waals surface area contributed by atoms with E-state index in [4.69, 9.17) is 0 Å². The quantitative estimate of drug-likeness (QED) is 0.677. The first kappa shape index (κ1) is 18.2. The molecule has 21 heavy (non-hydrogen) atoms. The summed E-state index contributed by atoms with van der Waals surface area (Å²) < 4.78 is 2.30. The van der Waals surface area contributed by atoms with Crippen molar-refractivity contribution in [3.63, 3.8) is 0 Å². The van der Waals surface area contributed by atoms with Crippen molar-refractivity contribution >= 4 is 34.2 Å². The highest BCUT2D eigenvalue weighted by molar-refractivity contribution is 9.10. The van der Waals surface area contributed by atoms with Gasteiger partial charge in [-0.15, -0.1) is 12.4 Å². The first-order valence-electron chi connectivity index (χ1n) is 6.58. The van der Waals surface area contributed by atoms with E-state index in [9.17, 15) is 14.7 Å². The molecule has 1 fully saturated rings. The highest BCUT2D eigenvalue weighted by Gasteiger charge is 2.24. The molecule has 1 aliphatic heterocycles. The molecule has 0 saturated carbocycles. The lowest BCUT2D eigenvalue weighted by atomic mass is 10.1. The summed E-state index contributed by atoms with van der Waals surface area (Å²) in [7, 11) is 0. The molecule has 0 aromatic carbocycles. The van der Waals surface area contributed by atoms with Gasteiger partial charge in [0, 0.05) is 55.3 Å². The summed E-state index contributed by atoms with van der Waals surface area (Å²) in [6, 6.07) is 3.13. The molecule has 0 radical (unpaired) electrons. The number of carbonyl (C=O) groups is 1. The maximum atomic E-state index is 11.7. The molecule has 1 saturated heterocycles. The molecule has 0 spiro atoms. The summed E-state index contributed by atoms with van der Waals surface area (Å²) in [6.45, 7) is 2.09. The van der Waals surface area contributed by atoms with E-state index in [1.165, 1.54) is 10.6 Å². The van der Waals surface area contributed by atoms with Gasteiger partial charge >= 0.3 is 0 Å². The van der Waals surface area contributed by atoms with Crippen LogP contribution >= 0.6 is 28.3 Å². The summed E-state index contributed by atoms with van der Waals surface area (Å²) in [5, 5.41) is 15.5. The molecule has 0 bridgehead atoms. The first-order valence-corrected chi connectivity index (χ1v) is 7.37. The van der Waals surface area contributed by atoms with Crippen LogP contribution in [0.25, 0.3) is 0 Å². The van der Waals surface area contributed by atoms with Crippen LogP contribution in [0, 0.1) is 5.92 Å². The van der Waals surface area contributed by atoms with Gasteiger partial charge in [-0.2, -0.15) is 0 Å². The zero-order valence-electron chi connectivity index (χ0n) is 11.4. The van der Waals surface area contributed by atoms with Crippen LogP contribution < -0.4 is 16.2 Å². The fourth-order valence-electron chi connectivity index (χ4n) is 2.16. The molecule has 0 aliphatic carbocycles. The Kier molecular flexibility index (Phi) is 7.37. The number of hydrogen-bond donors (Lipinski definition) is 3. The number of aromatic nitrogens is 1. The number of amides is 1. The van der Waals surface area contributed by atoms with E-state index in [0.717, 1.165) is 4.47 Å². The Bertz CT molecular complexity index is 538. The molecule has 1 aromatic heterocycles. The van der Waals surface area contributed by atoms with Gasteiger partial charge in [0.2, 0.25) is 5.91 Å². The number of hydrogen-bond acceptors (Lipinski definition) is 4. The molecule has 2 atom stereocenters. The smallest absolute Gasteiger partial charge is 0.250 e. The van der Waals surface area contributed by atoms with E-state index in [1.807, 2.05) is 0 Å². The lowest BCUT2D eigenvalue weighted by molar-refractivity contribution is -0.121. The summed E-state index contributed by atoms with van der Waals surface area (Å²) >= 11 is 3.29. The summed E-state index contributed by atoms with van der Waals surface area (Å²) in [6.07, 6.45) is 1.51. The maximum Gasteiger partial charge on any atom is 0.250 e. The van der Waals surface area contributed by atoms with Gasteiger partial charge < -0.3 is 20.3 Å². The molecule has 118 valence electrons. The topological polar surface area (TPSA) is 83.4 Å². The van der Waals surface area contributed by atoms with Crippen molar-refractivity contribution in [1.82, 2.24) is 15.2 Å². The highest BCUT2D eigenvalue weighted by Crippen LogP contribution is 2.07. The second-order valence-corrected chi connectivity index (χ2v) is 5.83. The normalized spacial score (nSPS) is 20.9. The monoisotopic (exact) mass is 379 g/mol. The van der Waals surface area contributed by atoms with E-state index < -0.39 is 6.10 Å². The van der Waals surface area contributed by atoms with Gasteiger partial charge in [0.05, 0.1) is 6.10 Å². The minimum absolute atomic E-state index is 0. The zero-order chi connectivity index (χ0) is 14.5. The molecular weight excluding hydrogens is 362 g/mol. The van der Waals surface area contributed by atoms with Gasteiger partial charge in [-0.1, -0.05) is 0 Å². The molecule has 6 nitrogen and oxygen atoms in total. The van der Waals surface area contributed by atoms with E-state index >= 15 is 0 Å². The van der Waals surface area contributed by atoms with Crippen LogP contribution in [0.2, 0.25) is 0 Å². The van der Waals surface area contributed by atoms with Crippen molar-refractivity contribution in [2.75, 3.05) is 19.6 Å². The van der Waals surface area contributed by atoms with Crippen molar-refractivity contribution in [3.05, 3.63) is 33.2 Å². The number of halogens is 2. The van der Waals surface area contributed by atoms with Gasteiger partial charge in [0.1, 0.15) is 0 Å². The Morgan fingerprint density at radius 3 is 2.90 bits per heavy atom. The van der Waals surface area contributed by atoms with E-state index in [-0.39, 0.29) is 36.2 Å². The molecular formula is C13H19BrClN3O3. The zero-order valence-corrected chi connectivity index (χ0v) is 13.8. The molecule has 2 rings (SSSR count). The molecule has 1 aromatic rings. The molecule has 1 aliphatic rings. The number of β-amino-alcohol motifs (C(OH)–C–C–N with tert-alkyl or cyclic N) is 1. The average Bonchev–Trinajstić information content (AvgIpc) is 2.83. The van der Waals surface area contributed by atoms with Gasteiger partial charge in [-0.25, -0.2) is 0 Å². The third kappa shape index (κ3) is 5.43. The third-order valence-electron chi connectivity index (χ3n) is 3.39. The average molecular weight is 381 g/mol. The highest BCUT2D eigenvalue weighted by atomic mass is 79.9. The number of aliphatic hydroxyl groups excluding tert-OH is 1. The standard InChI is InChI=1S/C13H18BrN3O3.ClH/c14-10-1-2-13(20)17(8-10)4-3-12(19)16-6-9-5-15-7-11(9)18;/h1-2,8-9,11,15,18H,3-7H2,(H,16,19);1H. The van der Waals surface area contributed by atoms with Crippen LogP contribution in [0.15, 0.2) is 27.6 Å². The van der Waals surface area contributed by atoms with Crippen molar-refractivity contribution in [2.24, 2.45) is 5.92 Å². The number of carbonyl (C=O) groups excluding carboxylic acids is 1. The number of nitrogens with zero attached hydrogens (tertiary/aromatic N) is 1. The Hall–Kier alpha value is -0.890. The van der Waals surface area contributed by atoms with Crippen LogP contribution in [-0.2, 0) is 11.3 Å². The number of aryl methyl sites for hydroxylation is 1. The summed E-state index contributed by atoms with van der Waals surface area (Å²) in [5.74, 6) is -0.0523.